The molecule has 0 amide bonds. The van der Waals surface area contributed by atoms with Crippen molar-refractivity contribution in [1.82, 2.24) is 10.2 Å². The summed E-state index contributed by atoms with van der Waals surface area (Å²) in [7, 11) is 0. The highest BCUT2D eigenvalue weighted by molar-refractivity contribution is 8.13. The zero-order chi connectivity index (χ0) is 14.3. The fourth-order valence-corrected chi connectivity index (χ4v) is 3.91. The normalized spacial score (nSPS) is 20.3. The van der Waals surface area contributed by atoms with Gasteiger partial charge in [-0.25, -0.2) is 0 Å². The molecule has 1 atom stereocenters. The van der Waals surface area contributed by atoms with E-state index in [1.165, 1.54) is 50.2 Å². The molecule has 1 fully saturated rings. The van der Waals surface area contributed by atoms with E-state index >= 15 is 0 Å². The van der Waals surface area contributed by atoms with Crippen LogP contribution in [0.4, 0.5) is 0 Å². The molecular weight excluding hydrogens is 349 g/mol. The SMILES string of the molecule is Cl.Cl.c1ccc(CC2CN=C(SCCCN3CCCC3)N2)cc1. The number of hydrogen-bond donors (Lipinski definition) is 1. The van der Waals surface area contributed by atoms with Crippen LogP contribution in [-0.4, -0.2) is 48.0 Å². The average Bonchev–Trinajstić information content (AvgIpc) is 3.17. The van der Waals surface area contributed by atoms with E-state index in [4.69, 9.17) is 0 Å². The van der Waals surface area contributed by atoms with Crippen LogP contribution in [0.3, 0.4) is 0 Å². The minimum atomic E-state index is 0. The molecule has 0 aromatic heterocycles. The summed E-state index contributed by atoms with van der Waals surface area (Å²) in [5.41, 5.74) is 1.39. The van der Waals surface area contributed by atoms with Crippen LogP contribution >= 0.6 is 36.6 Å². The summed E-state index contributed by atoms with van der Waals surface area (Å²) in [6.07, 6.45) is 5.13. The molecule has 1 saturated heterocycles. The fourth-order valence-electron chi connectivity index (χ4n) is 3.02. The Kier molecular flexibility index (Phi) is 10.0. The highest BCUT2D eigenvalue weighted by Gasteiger charge is 2.18. The number of amidine groups is 1. The molecule has 1 unspecified atom stereocenters. The Bertz CT molecular complexity index is 464. The fraction of sp³-hybridized carbons (Fsp3) is 0.588. The van der Waals surface area contributed by atoms with Crippen molar-refractivity contribution in [3.8, 4) is 0 Å². The number of thioether (sulfide) groups is 1. The Morgan fingerprint density at radius 2 is 1.87 bits per heavy atom. The number of halogens is 2. The monoisotopic (exact) mass is 375 g/mol. The molecule has 1 aromatic carbocycles. The Morgan fingerprint density at radius 3 is 2.61 bits per heavy atom. The first kappa shape index (κ1) is 20.6. The lowest BCUT2D eigenvalue weighted by molar-refractivity contribution is 0.341. The van der Waals surface area contributed by atoms with Gasteiger partial charge >= 0.3 is 0 Å². The topological polar surface area (TPSA) is 27.6 Å². The van der Waals surface area contributed by atoms with Crippen molar-refractivity contribution in [2.75, 3.05) is 31.9 Å². The number of likely N-dealkylation sites (tertiary alicyclic amines) is 1. The molecule has 0 radical (unpaired) electrons. The number of nitrogens with zero attached hydrogens (tertiary/aromatic N) is 2. The number of benzene rings is 1. The molecule has 2 aliphatic rings. The first-order valence-corrected chi connectivity index (χ1v) is 9.09. The smallest absolute Gasteiger partial charge is 0.156 e. The number of nitrogens with one attached hydrogen (secondary N) is 1. The third kappa shape index (κ3) is 6.92. The van der Waals surface area contributed by atoms with E-state index in [0.717, 1.165) is 18.1 Å². The Labute approximate surface area is 156 Å². The van der Waals surface area contributed by atoms with Crippen LogP contribution in [0.25, 0.3) is 0 Å². The van der Waals surface area contributed by atoms with E-state index in [1.807, 2.05) is 11.8 Å². The molecule has 130 valence electrons. The lowest BCUT2D eigenvalue weighted by Crippen LogP contribution is -2.30. The second-order valence-corrected chi connectivity index (χ2v) is 7.01. The number of aliphatic imine (C=N–C) groups is 1. The van der Waals surface area contributed by atoms with Crippen LogP contribution in [0.5, 0.6) is 0 Å². The van der Waals surface area contributed by atoms with Crippen molar-refractivity contribution < 1.29 is 0 Å². The molecule has 1 N–H and O–H groups in total. The van der Waals surface area contributed by atoms with Crippen molar-refractivity contribution in [3.05, 3.63) is 35.9 Å². The van der Waals surface area contributed by atoms with Gasteiger partial charge in [-0.1, -0.05) is 42.1 Å². The van der Waals surface area contributed by atoms with Gasteiger partial charge in [0.1, 0.15) is 0 Å². The van der Waals surface area contributed by atoms with Crippen molar-refractivity contribution in [3.63, 3.8) is 0 Å². The van der Waals surface area contributed by atoms with Crippen molar-refractivity contribution in [1.29, 1.82) is 0 Å². The van der Waals surface area contributed by atoms with E-state index in [-0.39, 0.29) is 24.8 Å². The van der Waals surface area contributed by atoms with Crippen molar-refractivity contribution in [2.24, 2.45) is 4.99 Å². The van der Waals surface area contributed by atoms with Crippen LogP contribution in [0.2, 0.25) is 0 Å². The zero-order valence-electron chi connectivity index (χ0n) is 13.4. The van der Waals surface area contributed by atoms with E-state index in [2.05, 4.69) is 45.5 Å². The molecule has 3 rings (SSSR count). The summed E-state index contributed by atoms with van der Waals surface area (Å²) in [4.78, 5) is 7.22. The van der Waals surface area contributed by atoms with Crippen LogP contribution < -0.4 is 5.32 Å². The molecular formula is C17H27Cl2N3S. The third-order valence-electron chi connectivity index (χ3n) is 4.16. The van der Waals surface area contributed by atoms with Gasteiger partial charge in [0.05, 0.1) is 12.6 Å². The van der Waals surface area contributed by atoms with Gasteiger partial charge in [0.2, 0.25) is 0 Å². The van der Waals surface area contributed by atoms with E-state index < -0.39 is 0 Å². The largest absolute Gasteiger partial charge is 0.360 e. The molecule has 0 saturated carbocycles. The van der Waals surface area contributed by atoms with Crippen LogP contribution in [-0.2, 0) is 6.42 Å². The van der Waals surface area contributed by atoms with Gasteiger partial charge in [-0.15, -0.1) is 24.8 Å². The second kappa shape index (κ2) is 11.2. The van der Waals surface area contributed by atoms with Gasteiger partial charge in [0, 0.05) is 5.75 Å². The van der Waals surface area contributed by atoms with Crippen molar-refractivity contribution >= 4 is 41.7 Å². The summed E-state index contributed by atoms with van der Waals surface area (Å²) in [5, 5.41) is 4.72. The molecule has 0 bridgehead atoms. The van der Waals surface area contributed by atoms with Crippen LogP contribution in [0.15, 0.2) is 35.3 Å². The van der Waals surface area contributed by atoms with Gasteiger partial charge in [-0.3, -0.25) is 4.99 Å². The molecule has 3 nitrogen and oxygen atoms in total. The minimum absolute atomic E-state index is 0. The molecule has 1 aromatic rings. The first-order chi connectivity index (χ1) is 10.4. The lowest BCUT2D eigenvalue weighted by atomic mass is 10.1. The summed E-state index contributed by atoms with van der Waals surface area (Å²) < 4.78 is 0. The molecule has 2 heterocycles. The summed E-state index contributed by atoms with van der Waals surface area (Å²) in [6.45, 7) is 4.79. The molecule has 23 heavy (non-hydrogen) atoms. The second-order valence-electron chi connectivity index (χ2n) is 5.93. The number of rotatable bonds is 6. The first-order valence-electron chi connectivity index (χ1n) is 8.10. The Morgan fingerprint density at radius 1 is 1.13 bits per heavy atom. The van der Waals surface area contributed by atoms with Gasteiger partial charge in [-0.2, -0.15) is 0 Å². The molecule has 2 aliphatic heterocycles. The van der Waals surface area contributed by atoms with E-state index in [1.54, 1.807) is 0 Å². The minimum Gasteiger partial charge on any atom is -0.360 e. The predicted octanol–water partition coefficient (Wildman–Crippen LogP) is 3.62. The van der Waals surface area contributed by atoms with Gasteiger partial charge in [0.25, 0.3) is 0 Å². The third-order valence-corrected chi connectivity index (χ3v) is 5.18. The zero-order valence-corrected chi connectivity index (χ0v) is 15.9. The predicted molar refractivity (Wildman–Crippen MR) is 107 cm³/mol. The van der Waals surface area contributed by atoms with Gasteiger partial charge in [-0.05, 0) is 50.9 Å². The average molecular weight is 376 g/mol. The van der Waals surface area contributed by atoms with E-state index in [9.17, 15) is 0 Å². The van der Waals surface area contributed by atoms with Gasteiger partial charge < -0.3 is 10.2 Å². The van der Waals surface area contributed by atoms with Crippen molar-refractivity contribution in [2.45, 2.75) is 31.7 Å². The standard InChI is InChI=1S/C17H25N3S.2ClH/c1-2-7-15(8-3-1)13-16-14-18-17(19-16)21-12-6-11-20-9-4-5-10-20;;/h1-3,7-8,16H,4-6,9-14H2,(H,18,19);2*1H. The van der Waals surface area contributed by atoms with Crippen LogP contribution in [0, 0.1) is 0 Å². The maximum atomic E-state index is 4.64. The lowest BCUT2D eigenvalue weighted by Gasteiger charge is -2.14. The highest BCUT2D eigenvalue weighted by Crippen LogP contribution is 2.14. The summed E-state index contributed by atoms with van der Waals surface area (Å²) in [5.74, 6) is 1.18. The highest BCUT2D eigenvalue weighted by atomic mass is 35.5. The van der Waals surface area contributed by atoms with Crippen LogP contribution in [0.1, 0.15) is 24.8 Å². The van der Waals surface area contributed by atoms with Gasteiger partial charge in [0.15, 0.2) is 5.17 Å². The summed E-state index contributed by atoms with van der Waals surface area (Å²) >= 11 is 1.89. The Hall–Kier alpha value is -0.420. The Balaban J connectivity index is 0.00000132. The quantitative estimate of drug-likeness (QED) is 0.769. The number of hydrogen-bond acceptors (Lipinski definition) is 4. The van der Waals surface area contributed by atoms with E-state index in [0.29, 0.717) is 6.04 Å². The maximum absolute atomic E-state index is 4.64. The maximum Gasteiger partial charge on any atom is 0.156 e. The summed E-state index contributed by atoms with van der Waals surface area (Å²) in [6, 6.07) is 11.2. The molecule has 0 aliphatic carbocycles. The molecule has 0 spiro atoms. The molecule has 6 heteroatoms.